The SMILES string of the molecule is COc1cc(OC)c(NC(=O)Cn2cnc3c(C)cccc3c2=O)cc1Cl. The summed E-state index contributed by atoms with van der Waals surface area (Å²) in [5.74, 6) is 0.409. The van der Waals surface area contributed by atoms with E-state index in [4.69, 9.17) is 21.1 Å². The minimum Gasteiger partial charge on any atom is -0.495 e. The van der Waals surface area contributed by atoms with E-state index in [2.05, 4.69) is 10.3 Å². The van der Waals surface area contributed by atoms with Crippen molar-refractivity contribution in [2.45, 2.75) is 13.5 Å². The van der Waals surface area contributed by atoms with Crippen molar-refractivity contribution in [3.63, 3.8) is 0 Å². The van der Waals surface area contributed by atoms with Gasteiger partial charge in [-0.2, -0.15) is 0 Å². The Labute approximate surface area is 160 Å². The molecule has 1 amide bonds. The number of para-hydroxylation sites is 1. The van der Waals surface area contributed by atoms with E-state index in [1.807, 2.05) is 13.0 Å². The van der Waals surface area contributed by atoms with Crippen LogP contribution in [0.4, 0.5) is 5.69 Å². The number of aryl methyl sites for hydroxylation is 1. The van der Waals surface area contributed by atoms with E-state index in [9.17, 15) is 9.59 Å². The van der Waals surface area contributed by atoms with Gasteiger partial charge in [0.2, 0.25) is 5.91 Å². The lowest BCUT2D eigenvalue weighted by atomic mass is 10.1. The molecule has 8 heteroatoms. The summed E-state index contributed by atoms with van der Waals surface area (Å²) in [6, 6.07) is 8.46. The minimum absolute atomic E-state index is 0.192. The van der Waals surface area contributed by atoms with Crippen LogP contribution in [0.5, 0.6) is 11.5 Å². The number of ether oxygens (including phenoxy) is 2. The Morgan fingerprint density at radius 1 is 1.22 bits per heavy atom. The van der Waals surface area contributed by atoms with E-state index < -0.39 is 5.91 Å². The highest BCUT2D eigenvalue weighted by atomic mass is 35.5. The first kappa shape index (κ1) is 18.7. The molecule has 7 nitrogen and oxygen atoms in total. The van der Waals surface area contributed by atoms with E-state index in [1.54, 1.807) is 18.2 Å². The first-order valence-corrected chi connectivity index (χ1v) is 8.48. The van der Waals surface area contributed by atoms with Gasteiger partial charge < -0.3 is 14.8 Å². The number of halogens is 1. The topological polar surface area (TPSA) is 82.4 Å². The number of carbonyl (C=O) groups excluding carboxylic acids is 1. The van der Waals surface area contributed by atoms with Gasteiger partial charge in [0.25, 0.3) is 5.56 Å². The molecule has 0 spiro atoms. The fraction of sp³-hybridized carbons (Fsp3) is 0.211. The summed E-state index contributed by atoms with van der Waals surface area (Å²) in [7, 11) is 2.96. The number of rotatable bonds is 5. The highest BCUT2D eigenvalue weighted by Gasteiger charge is 2.14. The van der Waals surface area contributed by atoms with Crippen LogP contribution >= 0.6 is 11.6 Å². The monoisotopic (exact) mass is 387 g/mol. The largest absolute Gasteiger partial charge is 0.495 e. The number of carbonyl (C=O) groups is 1. The van der Waals surface area contributed by atoms with Crippen molar-refractivity contribution in [3.8, 4) is 11.5 Å². The van der Waals surface area contributed by atoms with Gasteiger partial charge in [-0.1, -0.05) is 23.7 Å². The zero-order chi connectivity index (χ0) is 19.6. The summed E-state index contributed by atoms with van der Waals surface area (Å²) < 4.78 is 11.6. The maximum absolute atomic E-state index is 12.6. The summed E-state index contributed by atoms with van der Waals surface area (Å²) in [5, 5.41) is 3.49. The standard InChI is InChI=1S/C19H18ClN3O4/c1-11-5-4-6-12-18(11)21-10-23(19(12)25)9-17(24)22-14-7-13(20)15(26-2)8-16(14)27-3/h4-8,10H,9H2,1-3H3,(H,22,24). The molecule has 0 bridgehead atoms. The highest BCUT2D eigenvalue weighted by molar-refractivity contribution is 6.32. The number of nitrogens with zero attached hydrogens (tertiary/aromatic N) is 2. The van der Waals surface area contributed by atoms with Gasteiger partial charge in [-0.15, -0.1) is 0 Å². The lowest BCUT2D eigenvalue weighted by molar-refractivity contribution is -0.116. The van der Waals surface area contributed by atoms with Crippen molar-refractivity contribution in [3.05, 3.63) is 57.6 Å². The van der Waals surface area contributed by atoms with Crippen LogP contribution in [0.3, 0.4) is 0 Å². The Bertz CT molecular complexity index is 1080. The third-order valence-corrected chi connectivity index (χ3v) is 4.41. The quantitative estimate of drug-likeness (QED) is 0.727. The molecule has 3 rings (SSSR count). The van der Waals surface area contributed by atoms with Gasteiger partial charge in [-0.3, -0.25) is 14.2 Å². The molecule has 0 aliphatic heterocycles. The average Bonchev–Trinajstić information content (AvgIpc) is 2.65. The van der Waals surface area contributed by atoms with Crippen LogP contribution in [-0.2, 0) is 11.3 Å². The number of benzene rings is 2. The zero-order valence-corrected chi connectivity index (χ0v) is 15.8. The van der Waals surface area contributed by atoms with Gasteiger partial charge >= 0.3 is 0 Å². The normalized spacial score (nSPS) is 10.7. The summed E-state index contributed by atoms with van der Waals surface area (Å²) in [6.45, 7) is 1.69. The first-order valence-electron chi connectivity index (χ1n) is 8.10. The fourth-order valence-corrected chi connectivity index (χ4v) is 2.99. The number of amides is 1. The first-order chi connectivity index (χ1) is 12.9. The van der Waals surface area contributed by atoms with Gasteiger partial charge in [-0.25, -0.2) is 4.98 Å². The molecule has 0 saturated heterocycles. The molecule has 2 aromatic carbocycles. The molecule has 1 heterocycles. The number of hydrogen-bond donors (Lipinski definition) is 1. The van der Waals surface area contributed by atoms with Crippen molar-refractivity contribution >= 4 is 34.1 Å². The van der Waals surface area contributed by atoms with E-state index in [0.717, 1.165) is 5.56 Å². The molecule has 1 aromatic heterocycles. The molecule has 0 aliphatic rings. The lowest BCUT2D eigenvalue weighted by Crippen LogP contribution is -2.28. The molecule has 0 atom stereocenters. The molecule has 140 valence electrons. The van der Waals surface area contributed by atoms with E-state index in [-0.39, 0.29) is 12.1 Å². The average molecular weight is 388 g/mol. The van der Waals surface area contributed by atoms with Gasteiger partial charge in [0.05, 0.1) is 42.2 Å². The van der Waals surface area contributed by atoms with Crippen molar-refractivity contribution < 1.29 is 14.3 Å². The Morgan fingerprint density at radius 3 is 2.67 bits per heavy atom. The van der Waals surface area contributed by atoms with Crippen LogP contribution in [0.1, 0.15) is 5.56 Å². The highest BCUT2D eigenvalue weighted by Crippen LogP contribution is 2.35. The van der Waals surface area contributed by atoms with Gasteiger partial charge in [0.1, 0.15) is 18.0 Å². The third-order valence-electron chi connectivity index (χ3n) is 4.12. The summed E-state index contributed by atoms with van der Waals surface area (Å²) in [6.07, 6.45) is 1.37. The van der Waals surface area contributed by atoms with Crippen LogP contribution in [-0.4, -0.2) is 29.7 Å². The van der Waals surface area contributed by atoms with Gasteiger partial charge in [0, 0.05) is 6.07 Å². The van der Waals surface area contributed by atoms with E-state index >= 15 is 0 Å². The number of anilines is 1. The Kier molecular flexibility index (Phi) is 5.32. The van der Waals surface area contributed by atoms with Gasteiger partial charge in [0.15, 0.2) is 0 Å². The molecule has 0 unspecified atom stereocenters. The number of nitrogens with one attached hydrogen (secondary N) is 1. The Morgan fingerprint density at radius 2 is 1.96 bits per heavy atom. The predicted octanol–water partition coefficient (Wildman–Crippen LogP) is 3.01. The van der Waals surface area contributed by atoms with Crippen LogP contribution < -0.4 is 20.3 Å². The predicted molar refractivity (Wildman–Crippen MR) is 104 cm³/mol. The molecular weight excluding hydrogens is 370 g/mol. The number of hydrogen-bond acceptors (Lipinski definition) is 5. The second-order valence-corrected chi connectivity index (χ2v) is 6.29. The number of methoxy groups -OCH3 is 2. The molecule has 0 fully saturated rings. The second-order valence-electron chi connectivity index (χ2n) is 5.88. The molecule has 1 N–H and O–H groups in total. The molecule has 3 aromatic rings. The maximum atomic E-state index is 12.6. The second kappa shape index (κ2) is 7.67. The Balaban J connectivity index is 1.87. The van der Waals surface area contributed by atoms with Crippen molar-refractivity contribution in [1.29, 1.82) is 0 Å². The summed E-state index contributed by atoms with van der Waals surface area (Å²) in [5.41, 5.74) is 1.63. The molecule has 0 saturated carbocycles. The number of aromatic nitrogens is 2. The molecular formula is C19H18ClN3O4. The lowest BCUT2D eigenvalue weighted by Gasteiger charge is -2.13. The molecule has 0 radical (unpaired) electrons. The smallest absolute Gasteiger partial charge is 0.261 e. The van der Waals surface area contributed by atoms with Crippen molar-refractivity contribution in [2.24, 2.45) is 0 Å². The fourth-order valence-electron chi connectivity index (χ4n) is 2.75. The van der Waals surface area contributed by atoms with Crippen LogP contribution in [0.2, 0.25) is 5.02 Å². The minimum atomic E-state index is -0.412. The summed E-state index contributed by atoms with van der Waals surface area (Å²) >= 11 is 6.11. The van der Waals surface area contributed by atoms with Crippen LogP contribution in [0.25, 0.3) is 10.9 Å². The van der Waals surface area contributed by atoms with Crippen LogP contribution in [0, 0.1) is 6.92 Å². The third kappa shape index (κ3) is 3.73. The maximum Gasteiger partial charge on any atom is 0.261 e. The van der Waals surface area contributed by atoms with E-state index in [1.165, 1.54) is 31.2 Å². The number of fused-ring (bicyclic) bond motifs is 1. The van der Waals surface area contributed by atoms with E-state index in [0.29, 0.717) is 33.1 Å². The zero-order valence-electron chi connectivity index (χ0n) is 15.1. The Hall–Kier alpha value is -3.06. The summed E-state index contributed by atoms with van der Waals surface area (Å²) in [4.78, 5) is 29.3. The van der Waals surface area contributed by atoms with Crippen molar-refractivity contribution in [1.82, 2.24) is 9.55 Å². The van der Waals surface area contributed by atoms with Crippen molar-refractivity contribution in [2.75, 3.05) is 19.5 Å². The van der Waals surface area contributed by atoms with Gasteiger partial charge in [-0.05, 0) is 24.6 Å². The van der Waals surface area contributed by atoms with Crippen LogP contribution in [0.15, 0.2) is 41.5 Å². The molecule has 0 aliphatic carbocycles. The molecule has 27 heavy (non-hydrogen) atoms.